The van der Waals surface area contributed by atoms with E-state index in [1.165, 1.54) is 6.42 Å². The van der Waals surface area contributed by atoms with E-state index in [0.717, 1.165) is 25.7 Å². The van der Waals surface area contributed by atoms with Gasteiger partial charge < -0.3 is 14.6 Å². The first kappa shape index (κ1) is 14.8. The molecule has 0 aromatic carbocycles. The van der Waals surface area contributed by atoms with Crippen LogP contribution in [0.15, 0.2) is 0 Å². The molecule has 19 heavy (non-hydrogen) atoms. The zero-order valence-corrected chi connectivity index (χ0v) is 12.6. The highest BCUT2D eigenvalue weighted by Crippen LogP contribution is 2.52. The number of hydrogen-bond acceptors (Lipinski definition) is 3. The highest BCUT2D eigenvalue weighted by molar-refractivity contribution is 4.99. The third-order valence-electron chi connectivity index (χ3n) is 4.99. The minimum atomic E-state index is -0.674. The summed E-state index contributed by atoms with van der Waals surface area (Å²) in [5, 5.41) is 23.4. The Hall–Kier alpha value is -0.630. The number of nitrogens with zero attached hydrogens (tertiary/aromatic N) is 2. The quantitative estimate of drug-likeness (QED) is 0.569. The van der Waals surface area contributed by atoms with Crippen LogP contribution in [0.25, 0.3) is 0 Å². The van der Waals surface area contributed by atoms with Crippen molar-refractivity contribution in [2.24, 2.45) is 5.92 Å². The van der Waals surface area contributed by atoms with E-state index in [9.17, 15) is 10.5 Å². The van der Waals surface area contributed by atoms with Gasteiger partial charge in [-0.1, -0.05) is 20.3 Å². The lowest BCUT2D eigenvalue weighted by molar-refractivity contribution is -0.991. The van der Waals surface area contributed by atoms with Crippen LogP contribution in [0.3, 0.4) is 0 Å². The van der Waals surface area contributed by atoms with E-state index < -0.39 is 22.0 Å². The van der Waals surface area contributed by atoms with Crippen molar-refractivity contribution in [2.45, 2.75) is 77.1 Å². The fourth-order valence-corrected chi connectivity index (χ4v) is 3.92. The van der Waals surface area contributed by atoms with Crippen molar-refractivity contribution in [2.75, 3.05) is 6.61 Å². The van der Waals surface area contributed by atoms with Crippen molar-refractivity contribution in [3.05, 3.63) is 5.21 Å². The Balaban J connectivity index is 2.48. The molecule has 4 heteroatoms. The summed E-state index contributed by atoms with van der Waals surface area (Å²) in [6.45, 7) is 8.31. The lowest BCUT2D eigenvalue weighted by atomic mass is 9.84. The topological polar surface area (TPSA) is 56.1 Å². The van der Waals surface area contributed by atoms with Crippen molar-refractivity contribution in [1.82, 2.24) is 0 Å². The molecular weight excluding hydrogens is 240 g/mol. The van der Waals surface area contributed by atoms with E-state index in [1.54, 1.807) is 0 Å². The second kappa shape index (κ2) is 4.73. The summed E-state index contributed by atoms with van der Waals surface area (Å²) in [7, 11) is 0. The SMILES string of the molecule is CC(C)C(C#N)[N+]1([O-])C(C)(C)COC12CCCCC2. The van der Waals surface area contributed by atoms with E-state index in [1.807, 2.05) is 27.7 Å². The fourth-order valence-electron chi connectivity index (χ4n) is 3.92. The molecule has 4 nitrogen and oxygen atoms in total. The van der Waals surface area contributed by atoms with E-state index in [4.69, 9.17) is 4.74 Å². The molecule has 2 aliphatic rings. The Bertz CT molecular complexity index is 380. The molecule has 1 saturated carbocycles. The molecular formula is C15H26N2O2. The predicted octanol–water partition coefficient (Wildman–Crippen LogP) is 3.32. The maximum absolute atomic E-state index is 13.8. The van der Waals surface area contributed by atoms with Crippen LogP contribution in [0, 0.1) is 22.5 Å². The van der Waals surface area contributed by atoms with Crippen LogP contribution >= 0.6 is 0 Å². The third kappa shape index (κ3) is 1.91. The molecule has 1 heterocycles. The van der Waals surface area contributed by atoms with Crippen LogP contribution in [0.5, 0.6) is 0 Å². The number of rotatable bonds is 2. The molecule has 0 N–H and O–H groups in total. The lowest BCUT2D eigenvalue weighted by Gasteiger charge is -2.60. The zero-order valence-electron chi connectivity index (χ0n) is 12.6. The van der Waals surface area contributed by atoms with Gasteiger partial charge in [0.2, 0.25) is 5.72 Å². The second-order valence-electron chi connectivity index (χ2n) is 7.08. The normalized spacial score (nSPS) is 34.4. The molecule has 0 aromatic rings. The molecule has 2 atom stereocenters. The Morgan fingerprint density at radius 3 is 2.26 bits per heavy atom. The van der Waals surface area contributed by atoms with E-state index in [-0.39, 0.29) is 5.92 Å². The summed E-state index contributed by atoms with van der Waals surface area (Å²) in [6, 6.07) is 1.75. The summed E-state index contributed by atoms with van der Waals surface area (Å²) in [5.74, 6) is 0.0438. The summed E-state index contributed by atoms with van der Waals surface area (Å²) < 4.78 is 5.58. The molecule has 1 saturated heterocycles. The van der Waals surface area contributed by atoms with Crippen molar-refractivity contribution >= 4 is 0 Å². The first-order chi connectivity index (χ1) is 8.81. The molecule has 108 valence electrons. The lowest BCUT2D eigenvalue weighted by Crippen LogP contribution is -2.70. The Morgan fingerprint density at radius 2 is 1.79 bits per heavy atom. The second-order valence-corrected chi connectivity index (χ2v) is 7.08. The predicted molar refractivity (Wildman–Crippen MR) is 73.7 cm³/mol. The van der Waals surface area contributed by atoms with Gasteiger partial charge >= 0.3 is 0 Å². The van der Waals surface area contributed by atoms with Crippen LogP contribution in [0.2, 0.25) is 0 Å². The van der Waals surface area contributed by atoms with E-state index in [0.29, 0.717) is 6.61 Å². The van der Waals surface area contributed by atoms with Crippen molar-refractivity contribution in [3.63, 3.8) is 0 Å². The molecule has 2 rings (SSSR count). The minimum Gasteiger partial charge on any atom is -0.629 e. The fraction of sp³-hybridized carbons (Fsp3) is 0.933. The summed E-state index contributed by atoms with van der Waals surface area (Å²) in [6.07, 6.45) is 4.84. The van der Waals surface area contributed by atoms with Crippen LogP contribution in [0.4, 0.5) is 0 Å². The van der Waals surface area contributed by atoms with Gasteiger partial charge in [-0.05, 0) is 26.7 Å². The van der Waals surface area contributed by atoms with Crippen molar-refractivity contribution in [3.8, 4) is 6.07 Å². The van der Waals surface area contributed by atoms with Crippen LogP contribution in [0.1, 0.15) is 59.8 Å². The summed E-state index contributed by atoms with van der Waals surface area (Å²) in [5.41, 5.74) is -1.21. The Morgan fingerprint density at radius 1 is 1.21 bits per heavy atom. The number of hydrogen-bond donors (Lipinski definition) is 0. The molecule has 1 aliphatic carbocycles. The number of nitriles is 1. The van der Waals surface area contributed by atoms with Crippen LogP contribution in [-0.2, 0) is 4.74 Å². The number of hydroxylamine groups is 3. The van der Waals surface area contributed by atoms with Crippen LogP contribution < -0.4 is 0 Å². The van der Waals surface area contributed by atoms with Gasteiger partial charge in [0.15, 0.2) is 6.04 Å². The first-order valence-corrected chi connectivity index (χ1v) is 7.44. The highest BCUT2D eigenvalue weighted by Gasteiger charge is 2.64. The number of quaternary nitrogens is 1. The average molecular weight is 266 g/mol. The maximum Gasteiger partial charge on any atom is 0.204 e. The van der Waals surface area contributed by atoms with Crippen LogP contribution in [-0.4, -0.2) is 28.6 Å². The van der Waals surface area contributed by atoms with E-state index in [2.05, 4.69) is 6.07 Å². The van der Waals surface area contributed by atoms with Gasteiger partial charge in [0.25, 0.3) is 0 Å². The zero-order chi connectivity index (χ0) is 14.3. The van der Waals surface area contributed by atoms with Gasteiger partial charge in [-0.15, -0.1) is 0 Å². The van der Waals surface area contributed by atoms with Gasteiger partial charge in [-0.3, -0.25) is 0 Å². The van der Waals surface area contributed by atoms with Gasteiger partial charge in [0.1, 0.15) is 18.2 Å². The Kier molecular flexibility index (Phi) is 3.68. The Labute approximate surface area is 116 Å². The molecule has 1 spiro atoms. The van der Waals surface area contributed by atoms with Gasteiger partial charge in [-0.25, -0.2) is 0 Å². The first-order valence-electron chi connectivity index (χ1n) is 7.44. The van der Waals surface area contributed by atoms with Gasteiger partial charge in [-0.2, -0.15) is 5.26 Å². The molecule has 0 bridgehead atoms. The van der Waals surface area contributed by atoms with Gasteiger partial charge in [0.05, 0.1) is 0 Å². The third-order valence-corrected chi connectivity index (χ3v) is 4.99. The van der Waals surface area contributed by atoms with Gasteiger partial charge in [0, 0.05) is 18.8 Å². The molecule has 1 aliphatic heterocycles. The molecule has 0 amide bonds. The highest BCUT2D eigenvalue weighted by atomic mass is 16.7. The largest absolute Gasteiger partial charge is 0.629 e. The average Bonchev–Trinajstić information content (AvgIpc) is 2.54. The minimum absolute atomic E-state index is 0.0438. The smallest absolute Gasteiger partial charge is 0.204 e. The summed E-state index contributed by atoms with van der Waals surface area (Å²) >= 11 is 0. The molecule has 0 aromatic heterocycles. The monoisotopic (exact) mass is 266 g/mol. The standard InChI is InChI=1S/C15H26N2O2/c1-12(2)13(10-16)17(18)14(3,4)11-19-15(17)8-6-5-7-9-15/h12-13H,5-9,11H2,1-4H3. The van der Waals surface area contributed by atoms with Crippen molar-refractivity contribution in [1.29, 1.82) is 5.26 Å². The maximum atomic E-state index is 13.8. The molecule has 0 radical (unpaired) electrons. The molecule has 2 unspecified atom stereocenters. The van der Waals surface area contributed by atoms with E-state index >= 15 is 0 Å². The molecule has 2 fully saturated rings. The van der Waals surface area contributed by atoms with Crippen molar-refractivity contribution < 1.29 is 9.38 Å². The summed E-state index contributed by atoms with van der Waals surface area (Å²) in [4.78, 5) is 0. The number of ether oxygens (including phenoxy) is 1.